The Hall–Kier alpha value is -1.13. The smallest absolute Gasteiger partial charge is 0.123 e. The standard InChI is InChI=1S/C14H13Cl2FN2/c15-11-4-1-10(13(16)8-11)7-14(19-18)9-2-5-12(17)6-3-9/h1-6,8,14,19H,7,18H2. The number of hydrazine groups is 1. The van der Waals surface area contributed by atoms with E-state index in [4.69, 9.17) is 29.0 Å². The predicted molar refractivity (Wildman–Crippen MR) is 76.6 cm³/mol. The highest BCUT2D eigenvalue weighted by Gasteiger charge is 2.12. The second-order valence-corrected chi connectivity index (χ2v) is 5.05. The molecule has 0 heterocycles. The van der Waals surface area contributed by atoms with Gasteiger partial charge in [-0.15, -0.1) is 0 Å². The largest absolute Gasteiger partial charge is 0.271 e. The van der Waals surface area contributed by atoms with Gasteiger partial charge in [-0.2, -0.15) is 0 Å². The Labute approximate surface area is 121 Å². The predicted octanol–water partition coefficient (Wildman–Crippen LogP) is 3.88. The van der Waals surface area contributed by atoms with Gasteiger partial charge in [-0.05, 0) is 41.8 Å². The maximum atomic E-state index is 12.9. The number of hydrogen-bond acceptors (Lipinski definition) is 2. The van der Waals surface area contributed by atoms with Crippen molar-refractivity contribution < 1.29 is 4.39 Å². The first-order valence-corrected chi connectivity index (χ1v) is 6.51. The van der Waals surface area contributed by atoms with Crippen LogP contribution in [0.3, 0.4) is 0 Å². The fraction of sp³-hybridized carbons (Fsp3) is 0.143. The Kier molecular flexibility index (Phi) is 4.77. The van der Waals surface area contributed by atoms with Gasteiger partial charge < -0.3 is 0 Å². The molecule has 1 unspecified atom stereocenters. The first-order valence-electron chi connectivity index (χ1n) is 5.75. The van der Waals surface area contributed by atoms with Crippen molar-refractivity contribution in [2.24, 2.45) is 5.84 Å². The number of rotatable bonds is 4. The van der Waals surface area contributed by atoms with E-state index in [1.165, 1.54) is 12.1 Å². The maximum Gasteiger partial charge on any atom is 0.123 e. The zero-order valence-corrected chi connectivity index (χ0v) is 11.5. The molecule has 2 rings (SSSR count). The average molecular weight is 299 g/mol. The second-order valence-electron chi connectivity index (χ2n) is 4.21. The zero-order chi connectivity index (χ0) is 13.8. The third-order valence-corrected chi connectivity index (χ3v) is 3.50. The minimum atomic E-state index is -0.274. The number of hydrogen-bond donors (Lipinski definition) is 2. The summed E-state index contributed by atoms with van der Waals surface area (Å²) in [5.74, 6) is 5.28. The Bertz CT molecular complexity index is 558. The van der Waals surface area contributed by atoms with Crippen LogP contribution in [0.15, 0.2) is 42.5 Å². The minimum Gasteiger partial charge on any atom is -0.271 e. The third kappa shape index (κ3) is 3.67. The highest BCUT2D eigenvalue weighted by atomic mass is 35.5. The first kappa shape index (κ1) is 14.3. The molecule has 19 heavy (non-hydrogen) atoms. The lowest BCUT2D eigenvalue weighted by atomic mass is 9.99. The Balaban J connectivity index is 2.21. The summed E-state index contributed by atoms with van der Waals surface area (Å²) in [6, 6.07) is 11.4. The fourth-order valence-electron chi connectivity index (χ4n) is 1.88. The molecule has 0 saturated carbocycles. The maximum absolute atomic E-state index is 12.9. The van der Waals surface area contributed by atoms with Crippen LogP contribution < -0.4 is 11.3 Å². The van der Waals surface area contributed by atoms with Gasteiger partial charge in [0.1, 0.15) is 5.82 Å². The quantitative estimate of drug-likeness (QED) is 0.664. The molecule has 0 amide bonds. The molecule has 0 aromatic heterocycles. The van der Waals surface area contributed by atoms with Crippen molar-refractivity contribution in [2.75, 3.05) is 0 Å². The van der Waals surface area contributed by atoms with Gasteiger partial charge in [0.25, 0.3) is 0 Å². The minimum absolute atomic E-state index is 0.140. The van der Waals surface area contributed by atoms with Crippen LogP contribution in [0.1, 0.15) is 17.2 Å². The summed E-state index contributed by atoms with van der Waals surface area (Å²) in [7, 11) is 0. The van der Waals surface area contributed by atoms with Crippen LogP contribution >= 0.6 is 23.2 Å². The van der Waals surface area contributed by atoms with Gasteiger partial charge in [-0.3, -0.25) is 11.3 Å². The molecule has 5 heteroatoms. The molecule has 0 bridgehead atoms. The van der Waals surface area contributed by atoms with E-state index >= 15 is 0 Å². The molecule has 0 fully saturated rings. The van der Waals surface area contributed by atoms with Crippen molar-refractivity contribution >= 4 is 23.2 Å². The van der Waals surface area contributed by atoms with Gasteiger partial charge in [0.2, 0.25) is 0 Å². The van der Waals surface area contributed by atoms with E-state index in [9.17, 15) is 4.39 Å². The third-order valence-electron chi connectivity index (χ3n) is 2.91. The van der Waals surface area contributed by atoms with Crippen molar-refractivity contribution in [1.29, 1.82) is 0 Å². The van der Waals surface area contributed by atoms with E-state index < -0.39 is 0 Å². The highest BCUT2D eigenvalue weighted by Crippen LogP contribution is 2.26. The van der Waals surface area contributed by atoms with Crippen molar-refractivity contribution in [3.63, 3.8) is 0 Å². The van der Waals surface area contributed by atoms with Crippen LogP contribution in [0.5, 0.6) is 0 Å². The van der Waals surface area contributed by atoms with E-state index in [1.54, 1.807) is 24.3 Å². The molecule has 0 saturated heterocycles. The molecule has 2 nitrogen and oxygen atoms in total. The monoisotopic (exact) mass is 298 g/mol. The van der Waals surface area contributed by atoms with Crippen molar-refractivity contribution in [3.8, 4) is 0 Å². The van der Waals surface area contributed by atoms with Gasteiger partial charge in [-0.1, -0.05) is 41.4 Å². The Morgan fingerprint density at radius 3 is 2.37 bits per heavy atom. The molecular weight excluding hydrogens is 286 g/mol. The van der Waals surface area contributed by atoms with Gasteiger partial charge in [0, 0.05) is 10.0 Å². The lowest BCUT2D eigenvalue weighted by Crippen LogP contribution is -2.29. The normalized spacial score (nSPS) is 12.4. The summed E-state index contributed by atoms with van der Waals surface area (Å²) in [6.45, 7) is 0. The summed E-state index contributed by atoms with van der Waals surface area (Å²) < 4.78 is 12.9. The number of benzene rings is 2. The van der Waals surface area contributed by atoms with Crippen LogP contribution in [0.4, 0.5) is 4.39 Å². The molecule has 0 aliphatic carbocycles. The van der Waals surface area contributed by atoms with Crippen LogP contribution in [0, 0.1) is 5.82 Å². The van der Waals surface area contributed by atoms with E-state index in [0.29, 0.717) is 16.5 Å². The van der Waals surface area contributed by atoms with Gasteiger partial charge >= 0.3 is 0 Å². The lowest BCUT2D eigenvalue weighted by Gasteiger charge is -2.17. The molecule has 2 aromatic rings. The van der Waals surface area contributed by atoms with E-state index in [0.717, 1.165) is 11.1 Å². The van der Waals surface area contributed by atoms with E-state index in [-0.39, 0.29) is 11.9 Å². The van der Waals surface area contributed by atoms with Crippen LogP contribution in [0.25, 0.3) is 0 Å². The molecule has 100 valence electrons. The van der Waals surface area contributed by atoms with E-state index in [2.05, 4.69) is 5.43 Å². The lowest BCUT2D eigenvalue weighted by molar-refractivity contribution is 0.549. The SMILES string of the molecule is NNC(Cc1ccc(Cl)cc1Cl)c1ccc(F)cc1. The molecule has 2 aromatic carbocycles. The zero-order valence-electron chi connectivity index (χ0n) is 10.0. The molecule has 0 aliphatic rings. The van der Waals surface area contributed by atoms with Crippen molar-refractivity contribution in [2.45, 2.75) is 12.5 Å². The van der Waals surface area contributed by atoms with Gasteiger partial charge in [-0.25, -0.2) is 4.39 Å². The van der Waals surface area contributed by atoms with Crippen molar-refractivity contribution in [3.05, 3.63) is 69.5 Å². The fourth-order valence-corrected chi connectivity index (χ4v) is 2.36. The van der Waals surface area contributed by atoms with Crippen LogP contribution in [-0.4, -0.2) is 0 Å². The first-order chi connectivity index (χ1) is 9.10. The summed E-state index contributed by atoms with van der Waals surface area (Å²) in [4.78, 5) is 0. The molecule has 0 aliphatic heterocycles. The molecule has 0 spiro atoms. The molecule has 1 atom stereocenters. The summed E-state index contributed by atoms with van der Waals surface area (Å²) in [6.07, 6.45) is 0.595. The summed E-state index contributed by atoms with van der Waals surface area (Å²) in [5, 5.41) is 1.18. The summed E-state index contributed by atoms with van der Waals surface area (Å²) >= 11 is 12.0. The molecule has 3 N–H and O–H groups in total. The highest BCUT2D eigenvalue weighted by molar-refractivity contribution is 6.35. The van der Waals surface area contributed by atoms with Crippen LogP contribution in [0.2, 0.25) is 10.0 Å². The molecule has 0 radical (unpaired) electrons. The van der Waals surface area contributed by atoms with E-state index in [1.807, 2.05) is 6.07 Å². The Morgan fingerprint density at radius 2 is 1.79 bits per heavy atom. The number of halogens is 3. The summed E-state index contributed by atoms with van der Waals surface area (Å²) in [5.41, 5.74) is 4.54. The van der Waals surface area contributed by atoms with Crippen molar-refractivity contribution in [1.82, 2.24) is 5.43 Å². The van der Waals surface area contributed by atoms with Gasteiger partial charge in [0.05, 0.1) is 6.04 Å². The topological polar surface area (TPSA) is 38.0 Å². The Morgan fingerprint density at radius 1 is 1.11 bits per heavy atom. The second kappa shape index (κ2) is 6.35. The van der Waals surface area contributed by atoms with Crippen LogP contribution in [-0.2, 0) is 6.42 Å². The number of nitrogens with two attached hydrogens (primary N) is 1. The molecular formula is C14H13Cl2FN2. The average Bonchev–Trinajstić information content (AvgIpc) is 2.39. The van der Waals surface area contributed by atoms with Gasteiger partial charge in [0.15, 0.2) is 0 Å². The number of nitrogens with one attached hydrogen (secondary N) is 1.